The van der Waals surface area contributed by atoms with Crippen LogP contribution in [-0.2, 0) is 11.3 Å². The van der Waals surface area contributed by atoms with Crippen molar-refractivity contribution in [1.29, 1.82) is 0 Å². The third-order valence-corrected chi connectivity index (χ3v) is 3.44. The second-order valence-electron chi connectivity index (χ2n) is 5.80. The van der Waals surface area contributed by atoms with Gasteiger partial charge >= 0.3 is 0 Å². The van der Waals surface area contributed by atoms with Gasteiger partial charge in [0.05, 0.1) is 18.4 Å². The van der Waals surface area contributed by atoms with Gasteiger partial charge in [-0.15, -0.1) is 0 Å². The Labute approximate surface area is 133 Å². The molecule has 1 aromatic heterocycles. The average Bonchev–Trinajstić information content (AvgIpc) is 2.40. The molecule has 0 aliphatic rings. The lowest BCUT2D eigenvalue weighted by Crippen LogP contribution is -2.33. The summed E-state index contributed by atoms with van der Waals surface area (Å²) in [6, 6.07) is 0. The highest BCUT2D eigenvalue weighted by Gasteiger charge is 2.11. The van der Waals surface area contributed by atoms with Gasteiger partial charge in [0, 0.05) is 13.1 Å². The Morgan fingerprint density at radius 2 is 2.00 bits per heavy atom. The van der Waals surface area contributed by atoms with Crippen molar-refractivity contribution in [3.63, 3.8) is 0 Å². The zero-order valence-corrected chi connectivity index (χ0v) is 14.5. The predicted molar refractivity (Wildman–Crippen MR) is 87.4 cm³/mol. The van der Waals surface area contributed by atoms with Gasteiger partial charge in [0.15, 0.2) is 0 Å². The molecular formula is C14H23BrN4O2. The molecule has 0 aromatic carbocycles. The lowest BCUT2D eigenvalue weighted by molar-refractivity contribution is -0.119. The van der Waals surface area contributed by atoms with Crippen LogP contribution in [0.2, 0.25) is 0 Å². The van der Waals surface area contributed by atoms with E-state index in [9.17, 15) is 9.59 Å². The minimum absolute atomic E-state index is 0.109. The molecule has 0 radical (unpaired) electrons. The maximum Gasteiger partial charge on any atom is 0.283 e. The maximum absolute atomic E-state index is 12.1. The molecule has 0 fully saturated rings. The number of amides is 1. The summed E-state index contributed by atoms with van der Waals surface area (Å²) in [6.07, 6.45) is 1.56. The standard InChI is InChI=1S/C14H23BrN4O2/c1-9(2)5-17-12(20)7-16-11-6-18-19(8-10(3)4)14(21)13(11)15/h6,9-10,16H,5,7-8H2,1-4H3,(H,17,20). The van der Waals surface area contributed by atoms with Crippen LogP contribution in [0, 0.1) is 11.8 Å². The number of nitrogens with one attached hydrogen (secondary N) is 2. The van der Waals surface area contributed by atoms with Crippen molar-refractivity contribution in [2.45, 2.75) is 34.2 Å². The van der Waals surface area contributed by atoms with E-state index in [1.807, 2.05) is 27.7 Å². The highest BCUT2D eigenvalue weighted by molar-refractivity contribution is 9.10. The molecule has 7 heteroatoms. The summed E-state index contributed by atoms with van der Waals surface area (Å²) in [5.74, 6) is 0.631. The van der Waals surface area contributed by atoms with Crippen LogP contribution in [-0.4, -0.2) is 28.8 Å². The largest absolute Gasteiger partial charge is 0.374 e. The Balaban J connectivity index is 2.66. The Morgan fingerprint density at radius 1 is 1.33 bits per heavy atom. The molecule has 1 rings (SSSR count). The fourth-order valence-corrected chi connectivity index (χ4v) is 2.07. The second kappa shape index (κ2) is 8.17. The summed E-state index contributed by atoms with van der Waals surface area (Å²) in [5.41, 5.74) is 0.330. The van der Waals surface area contributed by atoms with Crippen molar-refractivity contribution in [1.82, 2.24) is 15.1 Å². The van der Waals surface area contributed by atoms with E-state index in [4.69, 9.17) is 0 Å². The first-order valence-corrected chi connectivity index (χ1v) is 7.86. The normalized spacial score (nSPS) is 11.0. The molecule has 2 N–H and O–H groups in total. The van der Waals surface area contributed by atoms with Crippen molar-refractivity contribution in [2.75, 3.05) is 18.4 Å². The van der Waals surface area contributed by atoms with E-state index < -0.39 is 0 Å². The topological polar surface area (TPSA) is 76.0 Å². The highest BCUT2D eigenvalue weighted by Crippen LogP contribution is 2.15. The Kier molecular flexibility index (Phi) is 6.87. The smallest absolute Gasteiger partial charge is 0.283 e. The molecule has 0 atom stereocenters. The summed E-state index contributed by atoms with van der Waals surface area (Å²) in [7, 11) is 0. The van der Waals surface area contributed by atoms with Crippen LogP contribution < -0.4 is 16.2 Å². The molecule has 6 nitrogen and oxygen atoms in total. The Bertz CT molecular complexity index is 540. The molecule has 1 aromatic rings. The van der Waals surface area contributed by atoms with Crippen LogP contribution in [0.15, 0.2) is 15.5 Å². The van der Waals surface area contributed by atoms with Crippen LogP contribution in [0.25, 0.3) is 0 Å². The fourth-order valence-electron chi connectivity index (χ4n) is 1.62. The third-order valence-electron chi connectivity index (χ3n) is 2.67. The average molecular weight is 359 g/mol. The van der Waals surface area contributed by atoms with Gasteiger partial charge in [-0.3, -0.25) is 9.59 Å². The molecule has 0 unspecified atom stereocenters. The number of nitrogens with zero attached hydrogens (tertiary/aromatic N) is 2. The second-order valence-corrected chi connectivity index (χ2v) is 6.60. The van der Waals surface area contributed by atoms with Crippen molar-refractivity contribution in [3.05, 3.63) is 21.0 Å². The molecular weight excluding hydrogens is 336 g/mol. The first-order valence-electron chi connectivity index (χ1n) is 7.07. The number of carbonyl (C=O) groups excluding carboxylic acids is 1. The molecule has 0 saturated heterocycles. The van der Waals surface area contributed by atoms with Crippen LogP contribution in [0.5, 0.6) is 0 Å². The minimum atomic E-state index is -0.198. The summed E-state index contributed by atoms with van der Waals surface area (Å²) >= 11 is 3.27. The van der Waals surface area contributed by atoms with E-state index in [1.165, 1.54) is 4.68 Å². The van der Waals surface area contributed by atoms with Gasteiger partial charge < -0.3 is 10.6 Å². The van der Waals surface area contributed by atoms with Crippen molar-refractivity contribution in [2.24, 2.45) is 11.8 Å². The van der Waals surface area contributed by atoms with Crippen molar-refractivity contribution >= 4 is 27.5 Å². The van der Waals surface area contributed by atoms with Gasteiger partial charge in [-0.2, -0.15) is 5.10 Å². The number of hydrogen-bond acceptors (Lipinski definition) is 4. The lowest BCUT2D eigenvalue weighted by Gasteiger charge is -2.12. The van der Waals surface area contributed by atoms with Crippen molar-refractivity contribution < 1.29 is 4.79 Å². The Hall–Kier alpha value is -1.37. The quantitative estimate of drug-likeness (QED) is 0.779. The summed E-state index contributed by atoms with van der Waals surface area (Å²) < 4.78 is 1.81. The molecule has 0 aliphatic carbocycles. The number of aromatic nitrogens is 2. The molecule has 21 heavy (non-hydrogen) atoms. The number of rotatable bonds is 7. The van der Waals surface area contributed by atoms with E-state index in [1.54, 1.807) is 6.20 Å². The summed E-state index contributed by atoms with van der Waals surface area (Å²) in [6.45, 7) is 9.41. The zero-order valence-electron chi connectivity index (χ0n) is 12.9. The van der Waals surface area contributed by atoms with Gasteiger partial charge in [0.1, 0.15) is 4.47 Å². The monoisotopic (exact) mass is 358 g/mol. The van der Waals surface area contributed by atoms with Crippen LogP contribution in [0.1, 0.15) is 27.7 Å². The fraction of sp³-hybridized carbons (Fsp3) is 0.643. The van der Waals surface area contributed by atoms with Gasteiger partial charge in [0.25, 0.3) is 5.56 Å². The van der Waals surface area contributed by atoms with Crippen LogP contribution in [0.3, 0.4) is 0 Å². The molecule has 1 heterocycles. The van der Waals surface area contributed by atoms with Gasteiger partial charge in [0.2, 0.25) is 5.91 Å². The van der Waals surface area contributed by atoms with E-state index in [-0.39, 0.29) is 18.0 Å². The van der Waals surface area contributed by atoms with Gasteiger partial charge in [-0.25, -0.2) is 4.68 Å². The molecule has 0 saturated carbocycles. The minimum Gasteiger partial charge on any atom is -0.374 e. The first-order chi connectivity index (χ1) is 9.81. The molecule has 0 aliphatic heterocycles. The number of halogens is 1. The molecule has 118 valence electrons. The summed E-state index contributed by atoms with van der Waals surface area (Å²) in [5, 5.41) is 9.84. The van der Waals surface area contributed by atoms with E-state index in [0.717, 1.165) is 0 Å². The van der Waals surface area contributed by atoms with E-state index in [0.29, 0.717) is 35.1 Å². The third kappa shape index (κ3) is 5.87. The first kappa shape index (κ1) is 17.7. The van der Waals surface area contributed by atoms with Gasteiger partial charge in [-0.05, 0) is 27.8 Å². The molecule has 1 amide bonds. The number of hydrogen-bond donors (Lipinski definition) is 2. The summed E-state index contributed by atoms with van der Waals surface area (Å²) in [4.78, 5) is 23.7. The number of anilines is 1. The van der Waals surface area contributed by atoms with E-state index >= 15 is 0 Å². The zero-order chi connectivity index (χ0) is 16.0. The van der Waals surface area contributed by atoms with Crippen molar-refractivity contribution in [3.8, 4) is 0 Å². The van der Waals surface area contributed by atoms with Crippen LogP contribution in [0.4, 0.5) is 5.69 Å². The molecule has 0 spiro atoms. The van der Waals surface area contributed by atoms with Crippen LogP contribution >= 0.6 is 15.9 Å². The highest BCUT2D eigenvalue weighted by atomic mass is 79.9. The number of carbonyl (C=O) groups is 1. The lowest BCUT2D eigenvalue weighted by atomic mass is 10.2. The van der Waals surface area contributed by atoms with Gasteiger partial charge in [-0.1, -0.05) is 27.7 Å². The Morgan fingerprint density at radius 3 is 2.57 bits per heavy atom. The SMILES string of the molecule is CC(C)CNC(=O)CNc1cnn(CC(C)C)c(=O)c1Br. The van der Waals surface area contributed by atoms with E-state index in [2.05, 4.69) is 31.7 Å². The predicted octanol–water partition coefficient (Wildman–Crippen LogP) is 1.85. The maximum atomic E-state index is 12.1. The molecule has 0 bridgehead atoms.